The number of ether oxygens (including phenoxy) is 2. The van der Waals surface area contributed by atoms with Gasteiger partial charge in [-0.15, -0.1) is 12.6 Å². The Labute approximate surface area is 133 Å². The molecule has 0 bridgehead atoms. The molecule has 0 saturated heterocycles. The van der Waals surface area contributed by atoms with Crippen LogP contribution in [0.2, 0.25) is 0 Å². The minimum atomic E-state index is -1.30. The first-order chi connectivity index (χ1) is 10.4. The van der Waals surface area contributed by atoms with Crippen LogP contribution in [0.5, 0.6) is 5.75 Å². The van der Waals surface area contributed by atoms with E-state index in [-0.39, 0.29) is 28.5 Å². The Morgan fingerprint density at radius 2 is 2.14 bits per heavy atom. The highest BCUT2D eigenvalue weighted by atomic mass is 32.1. The molecule has 0 radical (unpaired) electrons. The number of aliphatic carboxylic acids is 1. The van der Waals surface area contributed by atoms with Crippen LogP contribution >= 0.6 is 12.6 Å². The highest BCUT2D eigenvalue weighted by molar-refractivity contribution is 7.85. The van der Waals surface area contributed by atoms with Crippen molar-refractivity contribution < 1.29 is 23.8 Å². The number of halogens is 1. The summed E-state index contributed by atoms with van der Waals surface area (Å²) in [7, 11) is 1.50. The fourth-order valence-corrected chi connectivity index (χ4v) is 1.96. The van der Waals surface area contributed by atoms with Gasteiger partial charge in [-0.3, -0.25) is 4.99 Å². The number of methoxy groups -OCH3 is 1. The van der Waals surface area contributed by atoms with E-state index < -0.39 is 11.8 Å². The van der Waals surface area contributed by atoms with Crippen molar-refractivity contribution in [2.45, 2.75) is 0 Å². The van der Waals surface area contributed by atoms with Gasteiger partial charge in [0.25, 0.3) is 0 Å². The molecule has 0 aliphatic rings. The summed E-state index contributed by atoms with van der Waals surface area (Å²) < 4.78 is 23.7. The van der Waals surface area contributed by atoms with Crippen LogP contribution < -0.4 is 4.74 Å². The molecule has 0 fully saturated rings. The summed E-state index contributed by atoms with van der Waals surface area (Å²) in [5, 5.41) is 9.21. The molecule has 1 N–H and O–H groups in total. The Balaban J connectivity index is 3.46. The monoisotopic (exact) mass is 325 g/mol. The van der Waals surface area contributed by atoms with Crippen molar-refractivity contribution in [1.29, 1.82) is 0 Å². The van der Waals surface area contributed by atoms with Gasteiger partial charge < -0.3 is 14.6 Å². The van der Waals surface area contributed by atoms with Gasteiger partial charge in [0.2, 0.25) is 0 Å². The van der Waals surface area contributed by atoms with E-state index in [9.17, 15) is 14.3 Å². The Bertz CT molecular complexity index is 628. The smallest absolute Gasteiger partial charge is 0.355 e. The zero-order valence-corrected chi connectivity index (χ0v) is 12.9. The summed E-state index contributed by atoms with van der Waals surface area (Å²) in [5.74, 6) is -1.68. The van der Waals surface area contributed by atoms with Gasteiger partial charge in [0.15, 0.2) is 5.70 Å². The molecule has 7 heteroatoms. The van der Waals surface area contributed by atoms with Crippen LogP contribution in [-0.2, 0) is 9.53 Å². The normalized spacial score (nSPS) is 11.6. The summed E-state index contributed by atoms with van der Waals surface area (Å²) in [6, 6.07) is 3.70. The molecule has 118 valence electrons. The Kier molecular flexibility index (Phi) is 6.81. The second kappa shape index (κ2) is 8.35. The number of carboxylic acids is 1. The molecule has 1 aromatic carbocycles. The minimum absolute atomic E-state index is 0.109. The summed E-state index contributed by atoms with van der Waals surface area (Å²) in [6.07, 6.45) is 0. The van der Waals surface area contributed by atoms with E-state index in [4.69, 9.17) is 9.47 Å². The largest absolute Gasteiger partial charge is 0.490 e. The predicted molar refractivity (Wildman–Crippen MR) is 86.0 cm³/mol. The zero-order chi connectivity index (χ0) is 16.7. The Hall–Kier alpha value is -2.12. The Morgan fingerprint density at radius 3 is 2.64 bits per heavy atom. The number of rotatable bonds is 8. The van der Waals surface area contributed by atoms with Crippen LogP contribution in [0.15, 0.2) is 40.4 Å². The van der Waals surface area contributed by atoms with Gasteiger partial charge in [-0.25, -0.2) is 9.18 Å². The third-order valence-corrected chi connectivity index (χ3v) is 2.87. The van der Waals surface area contributed by atoms with Crippen molar-refractivity contribution >= 4 is 30.9 Å². The fraction of sp³-hybridized carbons (Fsp3) is 0.200. The molecule has 0 aromatic heterocycles. The van der Waals surface area contributed by atoms with Gasteiger partial charge in [0, 0.05) is 29.2 Å². The van der Waals surface area contributed by atoms with Crippen molar-refractivity contribution in [3.63, 3.8) is 0 Å². The molecule has 0 aliphatic carbocycles. The van der Waals surface area contributed by atoms with Crippen molar-refractivity contribution in [3.8, 4) is 5.75 Å². The first-order valence-electron chi connectivity index (χ1n) is 6.16. The lowest BCUT2D eigenvalue weighted by Crippen LogP contribution is -2.08. The number of hydrogen-bond donors (Lipinski definition) is 2. The van der Waals surface area contributed by atoms with E-state index in [2.05, 4.69) is 30.9 Å². The molecule has 0 heterocycles. The zero-order valence-electron chi connectivity index (χ0n) is 12.0. The van der Waals surface area contributed by atoms with Crippen molar-refractivity contribution in [3.05, 3.63) is 46.8 Å². The van der Waals surface area contributed by atoms with Crippen molar-refractivity contribution in [1.82, 2.24) is 0 Å². The molecule has 0 spiro atoms. The number of carbonyl (C=O) groups is 1. The lowest BCUT2D eigenvalue weighted by atomic mass is 10.0. The van der Waals surface area contributed by atoms with E-state index in [1.54, 1.807) is 0 Å². The summed E-state index contributed by atoms with van der Waals surface area (Å²) in [6.45, 7) is 7.32. The van der Waals surface area contributed by atoms with E-state index in [1.807, 2.05) is 0 Å². The SMILES string of the molecule is C=N/C(C(=O)O)=C(\C(=C)S)c1ccc(F)cc1OCCOC. The van der Waals surface area contributed by atoms with Crippen LogP contribution in [0.1, 0.15) is 5.56 Å². The fourth-order valence-electron chi connectivity index (χ4n) is 1.73. The van der Waals surface area contributed by atoms with Crippen molar-refractivity contribution in [2.75, 3.05) is 20.3 Å². The number of carboxylic acid groups (broad SMARTS) is 1. The van der Waals surface area contributed by atoms with E-state index in [0.29, 0.717) is 12.2 Å². The van der Waals surface area contributed by atoms with Gasteiger partial charge in [0.05, 0.1) is 6.61 Å². The number of thiol groups is 1. The number of aliphatic imine (C=N–C) groups is 1. The van der Waals surface area contributed by atoms with Gasteiger partial charge in [-0.05, 0) is 18.9 Å². The highest BCUT2D eigenvalue weighted by Crippen LogP contribution is 2.35. The molecule has 5 nitrogen and oxygen atoms in total. The summed E-state index contributed by atoms with van der Waals surface area (Å²) in [4.78, 5) is 14.9. The predicted octanol–water partition coefficient (Wildman–Crippen LogP) is 2.79. The molecule has 0 saturated carbocycles. The van der Waals surface area contributed by atoms with Crippen molar-refractivity contribution in [2.24, 2.45) is 4.99 Å². The lowest BCUT2D eigenvalue weighted by Gasteiger charge is -2.15. The number of hydrogen-bond acceptors (Lipinski definition) is 5. The second-order valence-corrected chi connectivity index (χ2v) is 4.66. The lowest BCUT2D eigenvalue weighted by molar-refractivity contribution is -0.132. The van der Waals surface area contributed by atoms with Crippen LogP contribution in [0, 0.1) is 5.82 Å². The molecule has 0 atom stereocenters. The first-order valence-corrected chi connectivity index (χ1v) is 6.61. The molecular formula is C15H16FNO4S. The van der Waals surface area contributed by atoms with Crippen LogP contribution in [0.4, 0.5) is 4.39 Å². The molecule has 1 rings (SSSR count). The first kappa shape index (κ1) is 17.9. The van der Waals surface area contributed by atoms with Crippen LogP contribution in [0.3, 0.4) is 0 Å². The molecule has 1 aromatic rings. The van der Waals surface area contributed by atoms with Gasteiger partial charge in [0.1, 0.15) is 18.2 Å². The van der Waals surface area contributed by atoms with Crippen LogP contribution in [-0.4, -0.2) is 38.1 Å². The Morgan fingerprint density at radius 1 is 1.45 bits per heavy atom. The molecule has 22 heavy (non-hydrogen) atoms. The standard InChI is InChI=1S/C15H16FNO4S/c1-9(22)13(14(17-2)15(18)19)11-5-4-10(16)8-12(11)21-7-6-20-3/h4-5,8,22H,1-2,6-7H2,3H3,(H,18,19)/b14-13+. The maximum Gasteiger partial charge on any atom is 0.355 e. The van der Waals surface area contributed by atoms with Gasteiger partial charge >= 0.3 is 5.97 Å². The third-order valence-electron chi connectivity index (χ3n) is 2.64. The average molecular weight is 325 g/mol. The van der Waals surface area contributed by atoms with Gasteiger partial charge in [-0.1, -0.05) is 6.58 Å². The molecular weight excluding hydrogens is 309 g/mol. The van der Waals surface area contributed by atoms with Crippen LogP contribution in [0.25, 0.3) is 5.57 Å². The molecule has 0 unspecified atom stereocenters. The maximum atomic E-state index is 13.4. The minimum Gasteiger partial charge on any atom is -0.490 e. The van der Waals surface area contributed by atoms with Gasteiger partial charge in [-0.2, -0.15) is 0 Å². The number of allylic oxidation sites excluding steroid dienone is 1. The summed E-state index contributed by atoms with van der Waals surface area (Å²) >= 11 is 4.10. The second-order valence-electron chi connectivity index (χ2n) is 4.12. The molecule has 0 amide bonds. The maximum absolute atomic E-state index is 13.4. The quantitative estimate of drug-likeness (QED) is 0.254. The summed E-state index contributed by atoms with van der Waals surface area (Å²) in [5.41, 5.74) is 0.0729. The number of nitrogens with zero attached hydrogens (tertiary/aromatic N) is 1. The molecule has 0 aliphatic heterocycles. The highest BCUT2D eigenvalue weighted by Gasteiger charge is 2.20. The van der Waals surface area contributed by atoms with E-state index in [1.165, 1.54) is 19.2 Å². The average Bonchev–Trinajstić information content (AvgIpc) is 2.45. The van der Waals surface area contributed by atoms with E-state index >= 15 is 0 Å². The number of benzene rings is 1. The van der Waals surface area contributed by atoms with E-state index in [0.717, 1.165) is 6.07 Å². The topological polar surface area (TPSA) is 68.1 Å². The third kappa shape index (κ3) is 4.44.